The van der Waals surface area contributed by atoms with Gasteiger partial charge in [-0.1, -0.05) is 0 Å². The van der Waals surface area contributed by atoms with Crippen LogP contribution in [0.2, 0.25) is 0 Å². The second kappa shape index (κ2) is 6.58. The van der Waals surface area contributed by atoms with E-state index >= 15 is 0 Å². The Labute approximate surface area is 118 Å². The Morgan fingerprint density at radius 3 is 2.95 bits per heavy atom. The highest BCUT2D eigenvalue weighted by molar-refractivity contribution is 5.70. The monoisotopic (exact) mass is 277 g/mol. The van der Waals surface area contributed by atoms with Crippen molar-refractivity contribution in [2.24, 2.45) is 0 Å². The Bertz CT molecular complexity index is 513. The van der Waals surface area contributed by atoms with Crippen molar-refractivity contribution in [3.05, 3.63) is 23.5 Å². The maximum Gasteiger partial charge on any atom is 0.143 e. The first-order chi connectivity index (χ1) is 9.67. The smallest absolute Gasteiger partial charge is 0.143 e. The molecule has 1 aliphatic heterocycles. The SMILES string of the molecule is N#Cc1cc(N)c(N2CCCCC2CCCO)cc1F. The molecule has 0 saturated carbocycles. The molecular weight excluding hydrogens is 257 g/mol. The summed E-state index contributed by atoms with van der Waals surface area (Å²) < 4.78 is 13.8. The molecule has 0 amide bonds. The number of hydrogen-bond donors (Lipinski definition) is 2. The molecule has 5 heteroatoms. The number of nitrogens with zero attached hydrogens (tertiary/aromatic N) is 2. The lowest BCUT2D eigenvalue weighted by Gasteiger charge is -2.38. The summed E-state index contributed by atoms with van der Waals surface area (Å²) >= 11 is 0. The summed E-state index contributed by atoms with van der Waals surface area (Å²) in [5.74, 6) is -0.525. The standard InChI is InChI=1S/C15H20FN3O/c16-13-9-15(14(18)8-11(13)10-17)19-6-2-1-4-12(19)5-3-7-20/h8-9,12,20H,1-7,18H2. The maximum atomic E-state index is 13.8. The Hall–Kier alpha value is -1.80. The summed E-state index contributed by atoms with van der Waals surface area (Å²) in [6, 6.07) is 4.86. The van der Waals surface area contributed by atoms with Crippen molar-refractivity contribution < 1.29 is 9.50 Å². The van der Waals surface area contributed by atoms with Gasteiger partial charge in [-0.25, -0.2) is 4.39 Å². The second-order valence-corrected chi connectivity index (χ2v) is 5.21. The molecule has 1 aromatic rings. The van der Waals surface area contributed by atoms with Gasteiger partial charge >= 0.3 is 0 Å². The number of benzene rings is 1. The van der Waals surface area contributed by atoms with E-state index in [4.69, 9.17) is 16.1 Å². The predicted octanol–water partition coefficient (Wildman–Crippen LogP) is 2.41. The molecule has 1 unspecified atom stereocenters. The molecule has 20 heavy (non-hydrogen) atoms. The van der Waals surface area contributed by atoms with E-state index in [0.29, 0.717) is 11.4 Å². The van der Waals surface area contributed by atoms with Crippen LogP contribution < -0.4 is 10.6 Å². The lowest BCUT2D eigenvalue weighted by atomic mass is 9.96. The van der Waals surface area contributed by atoms with Crippen LogP contribution in [0.15, 0.2) is 12.1 Å². The minimum atomic E-state index is -0.525. The zero-order valence-corrected chi connectivity index (χ0v) is 11.5. The average Bonchev–Trinajstić information content (AvgIpc) is 2.47. The van der Waals surface area contributed by atoms with E-state index in [0.717, 1.165) is 38.6 Å². The van der Waals surface area contributed by atoms with Crippen molar-refractivity contribution >= 4 is 11.4 Å². The van der Waals surface area contributed by atoms with E-state index < -0.39 is 5.82 Å². The lowest BCUT2D eigenvalue weighted by Crippen LogP contribution is -2.40. The van der Waals surface area contributed by atoms with Crippen molar-refractivity contribution in [3.8, 4) is 6.07 Å². The number of aliphatic hydroxyl groups is 1. The molecule has 0 spiro atoms. The number of nitrogens with two attached hydrogens (primary N) is 1. The van der Waals surface area contributed by atoms with E-state index in [-0.39, 0.29) is 18.2 Å². The second-order valence-electron chi connectivity index (χ2n) is 5.21. The quantitative estimate of drug-likeness (QED) is 0.829. The molecule has 1 aromatic carbocycles. The van der Waals surface area contributed by atoms with Crippen LogP contribution in [0.1, 0.15) is 37.7 Å². The summed E-state index contributed by atoms with van der Waals surface area (Å²) in [7, 11) is 0. The van der Waals surface area contributed by atoms with E-state index in [1.165, 1.54) is 12.1 Å². The highest BCUT2D eigenvalue weighted by Gasteiger charge is 2.24. The number of nitrogen functional groups attached to an aromatic ring is 1. The first-order valence-electron chi connectivity index (χ1n) is 7.04. The third-order valence-corrected chi connectivity index (χ3v) is 3.87. The molecule has 0 radical (unpaired) electrons. The highest BCUT2D eigenvalue weighted by Crippen LogP contribution is 2.33. The molecule has 1 atom stereocenters. The molecule has 3 N–H and O–H groups in total. The van der Waals surface area contributed by atoms with Crippen molar-refractivity contribution in [1.29, 1.82) is 5.26 Å². The molecule has 1 saturated heterocycles. The molecule has 108 valence electrons. The van der Waals surface area contributed by atoms with Crippen LogP contribution in [0.25, 0.3) is 0 Å². The van der Waals surface area contributed by atoms with Gasteiger partial charge in [0.15, 0.2) is 0 Å². The number of rotatable bonds is 4. The first-order valence-corrected chi connectivity index (χ1v) is 7.04. The number of nitriles is 1. The Kier molecular flexibility index (Phi) is 4.80. The molecule has 1 fully saturated rings. The van der Waals surface area contributed by atoms with Gasteiger partial charge in [0, 0.05) is 25.3 Å². The number of piperidine rings is 1. The Morgan fingerprint density at radius 2 is 2.25 bits per heavy atom. The van der Waals surface area contributed by atoms with Gasteiger partial charge in [-0.05, 0) is 38.2 Å². The summed E-state index contributed by atoms with van der Waals surface area (Å²) in [5, 5.41) is 17.8. The van der Waals surface area contributed by atoms with Crippen LogP contribution in [-0.2, 0) is 0 Å². The Morgan fingerprint density at radius 1 is 1.45 bits per heavy atom. The first kappa shape index (κ1) is 14.6. The van der Waals surface area contributed by atoms with E-state index in [1.54, 1.807) is 6.07 Å². The zero-order chi connectivity index (χ0) is 14.5. The van der Waals surface area contributed by atoms with Gasteiger partial charge in [0.05, 0.1) is 16.9 Å². The topological polar surface area (TPSA) is 73.3 Å². The van der Waals surface area contributed by atoms with Crippen LogP contribution in [0, 0.1) is 17.1 Å². The van der Waals surface area contributed by atoms with Gasteiger partial charge < -0.3 is 15.7 Å². The van der Waals surface area contributed by atoms with Crippen LogP contribution in [0.5, 0.6) is 0 Å². The van der Waals surface area contributed by atoms with Gasteiger partial charge in [-0.15, -0.1) is 0 Å². The van der Waals surface area contributed by atoms with Crippen LogP contribution in [-0.4, -0.2) is 24.3 Å². The molecular formula is C15H20FN3O. The number of anilines is 2. The molecule has 0 aromatic heterocycles. The fourth-order valence-corrected chi connectivity index (χ4v) is 2.86. The van der Waals surface area contributed by atoms with Gasteiger partial charge in [0.25, 0.3) is 0 Å². The van der Waals surface area contributed by atoms with Crippen molar-refractivity contribution in [1.82, 2.24) is 0 Å². The summed E-state index contributed by atoms with van der Waals surface area (Å²) in [4.78, 5) is 2.12. The van der Waals surface area contributed by atoms with Crippen molar-refractivity contribution in [3.63, 3.8) is 0 Å². The zero-order valence-electron chi connectivity index (χ0n) is 11.5. The molecule has 1 heterocycles. The van der Waals surface area contributed by atoms with Gasteiger partial charge in [-0.2, -0.15) is 5.26 Å². The van der Waals surface area contributed by atoms with Gasteiger partial charge in [-0.3, -0.25) is 0 Å². The van der Waals surface area contributed by atoms with E-state index in [1.807, 2.05) is 0 Å². The lowest BCUT2D eigenvalue weighted by molar-refractivity contribution is 0.273. The molecule has 2 rings (SSSR count). The maximum absolute atomic E-state index is 13.8. The van der Waals surface area contributed by atoms with Crippen LogP contribution in [0.3, 0.4) is 0 Å². The van der Waals surface area contributed by atoms with Gasteiger partial charge in [0.1, 0.15) is 11.9 Å². The summed E-state index contributed by atoms with van der Waals surface area (Å²) in [6.45, 7) is 1.01. The summed E-state index contributed by atoms with van der Waals surface area (Å²) in [5.41, 5.74) is 7.07. The largest absolute Gasteiger partial charge is 0.397 e. The van der Waals surface area contributed by atoms with E-state index in [9.17, 15) is 4.39 Å². The molecule has 0 aliphatic carbocycles. The highest BCUT2D eigenvalue weighted by atomic mass is 19.1. The van der Waals surface area contributed by atoms with Crippen molar-refractivity contribution in [2.75, 3.05) is 23.8 Å². The molecule has 1 aliphatic rings. The number of hydrogen-bond acceptors (Lipinski definition) is 4. The van der Waals surface area contributed by atoms with Gasteiger partial charge in [0.2, 0.25) is 0 Å². The summed E-state index contributed by atoms with van der Waals surface area (Å²) in [6.07, 6.45) is 4.83. The van der Waals surface area contributed by atoms with Crippen LogP contribution >= 0.6 is 0 Å². The Balaban J connectivity index is 2.28. The van der Waals surface area contributed by atoms with E-state index in [2.05, 4.69) is 4.90 Å². The normalized spacial score (nSPS) is 18.9. The van der Waals surface area contributed by atoms with Crippen molar-refractivity contribution in [2.45, 2.75) is 38.1 Å². The predicted molar refractivity (Wildman–Crippen MR) is 76.8 cm³/mol. The fraction of sp³-hybridized carbons (Fsp3) is 0.533. The molecule has 0 bridgehead atoms. The third-order valence-electron chi connectivity index (χ3n) is 3.87. The minimum Gasteiger partial charge on any atom is -0.397 e. The van der Waals surface area contributed by atoms with Crippen LogP contribution in [0.4, 0.5) is 15.8 Å². The molecule has 4 nitrogen and oxygen atoms in total. The third kappa shape index (κ3) is 3.02. The minimum absolute atomic E-state index is 0.0184. The number of halogens is 1. The number of aliphatic hydroxyl groups excluding tert-OH is 1. The fourth-order valence-electron chi connectivity index (χ4n) is 2.86. The average molecular weight is 277 g/mol.